The van der Waals surface area contributed by atoms with Crippen molar-refractivity contribution in [1.82, 2.24) is 20.8 Å². The van der Waals surface area contributed by atoms with Crippen LogP contribution in [0.5, 0.6) is 0 Å². The predicted octanol–water partition coefficient (Wildman–Crippen LogP) is -0.145. The van der Waals surface area contributed by atoms with Crippen LogP contribution in [0.2, 0.25) is 0 Å². The van der Waals surface area contributed by atoms with Crippen molar-refractivity contribution < 1.29 is 19.1 Å². The molecule has 0 atom stereocenters. The van der Waals surface area contributed by atoms with Gasteiger partial charge in [-0.25, -0.2) is 9.89 Å². The van der Waals surface area contributed by atoms with Crippen molar-refractivity contribution in [2.45, 2.75) is 13.3 Å². The molecule has 0 spiro atoms. The van der Waals surface area contributed by atoms with Crippen molar-refractivity contribution in [1.29, 1.82) is 0 Å². The molecule has 24 heavy (non-hydrogen) atoms. The van der Waals surface area contributed by atoms with Gasteiger partial charge in [0.2, 0.25) is 0 Å². The van der Waals surface area contributed by atoms with E-state index in [1.54, 1.807) is 31.2 Å². The van der Waals surface area contributed by atoms with Crippen LogP contribution < -0.4 is 16.2 Å². The van der Waals surface area contributed by atoms with E-state index in [4.69, 9.17) is 4.74 Å². The summed E-state index contributed by atoms with van der Waals surface area (Å²) in [6.45, 7) is 1.48. The Morgan fingerprint density at radius 2 is 1.92 bits per heavy atom. The molecular weight excluding hydrogens is 316 g/mol. The highest BCUT2D eigenvalue weighted by atomic mass is 16.5. The Morgan fingerprint density at radius 1 is 1.21 bits per heavy atom. The lowest BCUT2D eigenvalue weighted by Gasteiger charge is -2.07. The number of urea groups is 1. The van der Waals surface area contributed by atoms with Gasteiger partial charge in [-0.2, -0.15) is 5.10 Å². The molecule has 0 radical (unpaired) electrons. The molecule has 0 aliphatic rings. The summed E-state index contributed by atoms with van der Waals surface area (Å²) in [6, 6.07) is 6.04. The van der Waals surface area contributed by atoms with Crippen LogP contribution in [-0.2, 0) is 20.7 Å². The molecule has 1 aromatic heterocycles. The number of H-pyrrole nitrogens is 1. The van der Waals surface area contributed by atoms with Crippen LogP contribution in [0.25, 0.3) is 10.8 Å². The molecular formula is C15H16N4O5. The fraction of sp³-hybridized carbons (Fsp3) is 0.267. The van der Waals surface area contributed by atoms with Crippen molar-refractivity contribution in [3.63, 3.8) is 0 Å². The first kappa shape index (κ1) is 17.1. The lowest BCUT2D eigenvalue weighted by atomic mass is 10.1. The molecule has 0 unspecified atom stereocenters. The summed E-state index contributed by atoms with van der Waals surface area (Å²) < 4.78 is 4.80. The summed E-state index contributed by atoms with van der Waals surface area (Å²) in [5, 5.41) is 11.5. The normalized spacial score (nSPS) is 10.2. The number of hydrogen-bond acceptors (Lipinski definition) is 6. The van der Waals surface area contributed by atoms with Crippen LogP contribution in [0.3, 0.4) is 0 Å². The van der Waals surface area contributed by atoms with Crippen molar-refractivity contribution in [3.8, 4) is 0 Å². The number of aromatic amines is 1. The second kappa shape index (κ2) is 7.86. The highest BCUT2D eigenvalue weighted by Gasteiger charge is 2.14. The Morgan fingerprint density at radius 3 is 2.62 bits per heavy atom. The monoisotopic (exact) mass is 332 g/mol. The molecule has 126 valence electrons. The van der Waals surface area contributed by atoms with Crippen LogP contribution in [0, 0.1) is 0 Å². The molecule has 0 fully saturated rings. The molecule has 0 bridgehead atoms. The number of imide groups is 1. The number of amides is 3. The molecule has 2 rings (SSSR count). The van der Waals surface area contributed by atoms with Gasteiger partial charge in [-0.05, 0) is 13.0 Å². The average molecular weight is 332 g/mol. The van der Waals surface area contributed by atoms with Crippen molar-refractivity contribution >= 4 is 28.7 Å². The maximum atomic E-state index is 11.8. The summed E-state index contributed by atoms with van der Waals surface area (Å²) in [5.41, 5.74) is -0.0247. The maximum Gasteiger partial charge on any atom is 0.321 e. The number of ether oxygens (including phenoxy) is 1. The van der Waals surface area contributed by atoms with E-state index in [-0.39, 0.29) is 12.0 Å². The Bertz CT molecular complexity index is 830. The van der Waals surface area contributed by atoms with E-state index in [0.717, 1.165) is 0 Å². The van der Waals surface area contributed by atoms with Gasteiger partial charge in [0, 0.05) is 11.9 Å². The van der Waals surface area contributed by atoms with E-state index in [2.05, 4.69) is 15.5 Å². The van der Waals surface area contributed by atoms with E-state index in [0.29, 0.717) is 23.0 Å². The minimum absolute atomic E-state index is 0.217. The smallest absolute Gasteiger partial charge is 0.321 e. The maximum absolute atomic E-state index is 11.8. The van der Waals surface area contributed by atoms with Crippen LogP contribution >= 0.6 is 0 Å². The molecule has 0 aliphatic heterocycles. The molecule has 3 amide bonds. The lowest BCUT2D eigenvalue weighted by Crippen LogP contribution is -2.41. The number of nitrogens with one attached hydrogen (secondary N) is 3. The number of esters is 1. The van der Waals surface area contributed by atoms with Crippen molar-refractivity contribution in [2.75, 3.05) is 13.2 Å². The van der Waals surface area contributed by atoms with Gasteiger partial charge in [-0.15, -0.1) is 0 Å². The summed E-state index contributed by atoms with van der Waals surface area (Å²) in [6.07, 6.45) is -0.217. The number of aromatic nitrogens is 2. The third-order valence-electron chi connectivity index (χ3n) is 3.04. The third-order valence-corrected chi connectivity index (χ3v) is 3.04. The second-order valence-electron chi connectivity index (χ2n) is 4.79. The van der Waals surface area contributed by atoms with E-state index in [1.807, 2.05) is 5.32 Å². The highest BCUT2D eigenvalue weighted by Crippen LogP contribution is 2.13. The number of fused-ring (bicyclic) bond motifs is 1. The quantitative estimate of drug-likeness (QED) is 0.653. The number of carbonyl (C=O) groups is 3. The molecule has 3 N–H and O–H groups in total. The molecule has 1 heterocycles. The molecule has 9 heteroatoms. The summed E-state index contributed by atoms with van der Waals surface area (Å²) >= 11 is 0. The second-order valence-corrected chi connectivity index (χ2v) is 4.79. The zero-order valence-corrected chi connectivity index (χ0v) is 12.9. The largest absolute Gasteiger partial charge is 0.455 e. The number of rotatable bonds is 5. The van der Waals surface area contributed by atoms with Crippen molar-refractivity contribution in [3.05, 3.63) is 40.3 Å². The number of hydrogen-bond donors (Lipinski definition) is 3. The van der Waals surface area contributed by atoms with Crippen LogP contribution in [-0.4, -0.2) is 41.3 Å². The molecule has 0 aliphatic carbocycles. The topological polar surface area (TPSA) is 130 Å². The third kappa shape index (κ3) is 4.38. The molecule has 0 saturated heterocycles. The SMILES string of the molecule is CCNC(=O)NC(=O)COC(=O)Cc1n[nH]c(=O)c2ccccc12. The number of nitrogens with zero attached hydrogens (tertiary/aromatic N) is 1. The van der Waals surface area contributed by atoms with Crippen LogP contribution in [0.15, 0.2) is 29.1 Å². The van der Waals surface area contributed by atoms with E-state index >= 15 is 0 Å². The number of benzene rings is 1. The molecule has 9 nitrogen and oxygen atoms in total. The van der Waals surface area contributed by atoms with Crippen LogP contribution in [0.1, 0.15) is 12.6 Å². The van der Waals surface area contributed by atoms with Gasteiger partial charge >= 0.3 is 12.0 Å². The van der Waals surface area contributed by atoms with Crippen molar-refractivity contribution in [2.24, 2.45) is 0 Å². The highest BCUT2D eigenvalue weighted by molar-refractivity contribution is 5.95. The first-order valence-corrected chi connectivity index (χ1v) is 7.21. The average Bonchev–Trinajstić information content (AvgIpc) is 2.56. The summed E-state index contributed by atoms with van der Waals surface area (Å²) in [7, 11) is 0. The molecule has 1 aromatic carbocycles. The van der Waals surface area contributed by atoms with Gasteiger partial charge in [0.25, 0.3) is 11.5 Å². The van der Waals surface area contributed by atoms with Gasteiger partial charge in [-0.3, -0.25) is 19.7 Å². The van der Waals surface area contributed by atoms with E-state index in [9.17, 15) is 19.2 Å². The first-order valence-electron chi connectivity index (χ1n) is 7.21. The summed E-state index contributed by atoms with van der Waals surface area (Å²) in [5.74, 6) is -1.45. The fourth-order valence-electron chi connectivity index (χ4n) is 2.01. The summed E-state index contributed by atoms with van der Waals surface area (Å²) in [4.78, 5) is 46.1. The Balaban J connectivity index is 1.96. The van der Waals surface area contributed by atoms with Gasteiger partial charge in [0.05, 0.1) is 17.5 Å². The van der Waals surface area contributed by atoms with Gasteiger partial charge in [0.15, 0.2) is 6.61 Å². The minimum atomic E-state index is -0.742. The number of carbonyl (C=O) groups excluding carboxylic acids is 3. The van der Waals surface area contributed by atoms with E-state index < -0.39 is 24.5 Å². The molecule has 2 aromatic rings. The van der Waals surface area contributed by atoms with Gasteiger partial charge in [0.1, 0.15) is 0 Å². The molecule has 0 saturated carbocycles. The van der Waals surface area contributed by atoms with Crippen LogP contribution in [0.4, 0.5) is 4.79 Å². The van der Waals surface area contributed by atoms with Gasteiger partial charge < -0.3 is 10.1 Å². The predicted molar refractivity (Wildman–Crippen MR) is 84.2 cm³/mol. The fourth-order valence-corrected chi connectivity index (χ4v) is 2.01. The first-order chi connectivity index (χ1) is 11.5. The minimum Gasteiger partial charge on any atom is -0.455 e. The zero-order chi connectivity index (χ0) is 17.5. The van der Waals surface area contributed by atoms with E-state index in [1.165, 1.54) is 0 Å². The zero-order valence-electron chi connectivity index (χ0n) is 12.9. The Hall–Kier alpha value is -3.23. The Labute approximate surface area is 136 Å². The standard InChI is InChI=1S/C15H16N4O5/c1-2-16-15(23)17-12(20)8-24-13(21)7-11-9-5-3-4-6-10(9)14(22)19-18-11/h3-6H,2,7-8H2,1H3,(H,19,22)(H2,16,17,20,23). The van der Waals surface area contributed by atoms with Gasteiger partial charge in [-0.1, -0.05) is 18.2 Å². The Kier molecular flexibility index (Phi) is 5.61. The lowest BCUT2D eigenvalue weighted by molar-refractivity contribution is -0.147.